The van der Waals surface area contributed by atoms with Crippen LogP contribution in [0.1, 0.15) is 21.7 Å². The molecule has 0 atom stereocenters. The maximum absolute atomic E-state index is 12.2. The van der Waals surface area contributed by atoms with Gasteiger partial charge in [0, 0.05) is 19.3 Å². The molecule has 0 unspecified atom stereocenters. The summed E-state index contributed by atoms with van der Waals surface area (Å²) in [5.74, 6) is -0.437. The molecule has 0 aliphatic heterocycles. The van der Waals surface area contributed by atoms with Gasteiger partial charge in [0.15, 0.2) is 9.84 Å². The molecule has 1 heterocycles. The first kappa shape index (κ1) is 16.2. The van der Waals surface area contributed by atoms with Gasteiger partial charge in [-0.15, -0.1) is 0 Å². The summed E-state index contributed by atoms with van der Waals surface area (Å²) in [6.45, 7) is 3.61. The van der Waals surface area contributed by atoms with Crippen LogP contribution in [-0.4, -0.2) is 36.4 Å². The summed E-state index contributed by atoms with van der Waals surface area (Å²) < 4.78 is 25.9. The van der Waals surface area contributed by atoms with Crippen molar-refractivity contribution in [3.63, 3.8) is 0 Å². The van der Waals surface area contributed by atoms with E-state index < -0.39 is 9.84 Å². The van der Waals surface area contributed by atoms with Crippen molar-refractivity contribution >= 4 is 15.7 Å². The molecule has 0 spiro atoms. The normalized spacial score (nSPS) is 11.4. The van der Waals surface area contributed by atoms with Crippen molar-refractivity contribution in [3.05, 3.63) is 47.3 Å². The number of carbonyl (C=O) groups is 1. The lowest BCUT2D eigenvalue weighted by Crippen LogP contribution is -2.29. The first-order valence-corrected chi connectivity index (χ1v) is 8.54. The fourth-order valence-electron chi connectivity index (χ4n) is 2.24. The van der Waals surface area contributed by atoms with Crippen molar-refractivity contribution in [1.82, 2.24) is 15.1 Å². The average Bonchev–Trinajstić information content (AvgIpc) is 2.73. The quantitative estimate of drug-likeness (QED) is 0.898. The summed E-state index contributed by atoms with van der Waals surface area (Å²) >= 11 is 0. The van der Waals surface area contributed by atoms with Gasteiger partial charge in [0.2, 0.25) is 0 Å². The molecule has 22 heavy (non-hydrogen) atoms. The van der Waals surface area contributed by atoms with Gasteiger partial charge in [0.25, 0.3) is 5.91 Å². The van der Waals surface area contributed by atoms with Crippen molar-refractivity contribution in [3.8, 4) is 0 Å². The number of hydrogen-bond acceptors (Lipinski definition) is 4. The Kier molecular flexibility index (Phi) is 4.65. The molecule has 2 aromatic rings. The number of hydrogen-bond donors (Lipinski definition) is 1. The minimum absolute atomic E-state index is 0.0594. The number of aryl methyl sites for hydroxylation is 2. The van der Waals surface area contributed by atoms with Gasteiger partial charge in [-0.2, -0.15) is 5.10 Å². The monoisotopic (exact) mass is 321 g/mol. The van der Waals surface area contributed by atoms with Gasteiger partial charge in [-0.05, 0) is 26.0 Å². The van der Waals surface area contributed by atoms with Crippen molar-refractivity contribution < 1.29 is 13.2 Å². The fraction of sp³-hybridized carbons (Fsp3) is 0.333. The number of benzene rings is 1. The van der Waals surface area contributed by atoms with E-state index in [1.807, 2.05) is 0 Å². The topological polar surface area (TPSA) is 81.1 Å². The Morgan fingerprint density at radius 2 is 1.86 bits per heavy atom. The van der Waals surface area contributed by atoms with E-state index in [0.29, 0.717) is 11.3 Å². The maximum Gasteiger partial charge on any atom is 0.255 e. The molecule has 118 valence electrons. The number of aromatic nitrogens is 2. The van der Waals surface area contributed by atoms with Crippen LogP contribution in [0.5, 0.6) is 0 Å². The van der Waals surface area contributed by atoms with E-state index in [1.54, 1.807) is 55.9 Å². The van der Waals surface area contributed by atoms with Gasteiger partial charge >= 0.3 is 0 Å². The second kappa shape index (κ2) is 6.31. The van der Waals surface area contributed by atoms with Gasteiger partial charge in [-0.1, -0.05) is 18.2 Å². The predicted octanol–water partition coefficient (Wildman–Crippen LogP) is 1.24. The van der Waals surface area contributed by atoms with Crippen molar-refractivity contribution in [2.75, 3.05) is 12.3 Å². The molecular weight excluding hydrogens is 302 g/mol. The Hall–Kier alpha value is -2.15. The van der Waals surface area contributed by atoms with E-state index in [-0.39, 0.29) is 23.1 Å². The summed E-state index contributed by atoms with van der Waals surface area (Å²) in [7, 11) is -1.63. The number of nitrogens with zero attached hydrogens (tertiary/aromatic N) is 2. The van der Waals surface area contributed by atoms with E-state index >= 15 is 0 Å². The molecule has 0 aliphatic rings. The van der Waals surface area contributed by atoms with E-state index in [4.69, 9.17) is 0 Å². The number of nitrogens with one attached hydrogen (secondary N) is 1. The minimum atomic E-state index is -3.39. The molecule has 0 saturated carbocycles. The SMILES string of the molecule is Cc1nn(C)c(C)c1C(=O)NCCS(=O)(=O)c1ccccc1. The summed E-state index contributed by atoms with van der Waals surface area (Å²) in [4.78, 5) is 12.4. The molecule has 0 radical (unpaired) electrons. The minimum Gasteiger partial charge on any atom is -0.351 e. The highest BCUT2D eigenvalue weighted by Gasteiger charge is 2.18. The Balaban J connectivity index is 2.01. The van der Waals surface area contributed by atoms with Crippen LogP contribution >= 0.6 is 0 Å². The fourth-order valence-corrected chi connectivity index (χ4v) is 3.41. The zero-order valence-corrected chi connectivity index (χ0v) is 13.6. The van der Waals surface area contributed by atoms with Gasteiger partial charge in [-0.3, -0.25) is 9.48 Å². The second-order valence-electron chi connectivity index (χ2n) is 5.06. The molecule has 0 aliphatic carbocycles. The van der Waals surface area contributed by atoms with Crippen LogP contribution in [0.3, 0.4) is 0 Å². The maximum atomic E-state index is 12.2. The number of rotatable bonds is 5. The highest BCUT2D eigenvalue weighted by molar-refractivity contribution is 7.91. The first-order valence-electron chi connectivity index (χ1n) is 6.89. The Bertz CT molecular complexity index is 780. The smallest absolute Gasteiger partial charge is 0.255 e. The summed E-state index contributed by atoms with van der Waals surface area (Å²) in [6, 6.07) is 8.20. The third-order valence-corrected chi connectivity index (χ3v) is 5.23. The lowest BCUT2D eigenvalue weighted by molar-refractivity contribution is 0.0955. The standard InChI is InChI=1S/C15H19N3O3S/c1-11-14(12(2)18(3)17-11)15(19)16-9-10-22(20,21)13-7-5-4-6-8-13/h4-8H,9-10H2,1-3H3,(H,16,19). The predicted molar refractivity (Wildman–Crippen MR) is 83.5 cm³/mol. The molecule has 0 bridgehead atoms. The van der Waals surface area contributed by atoms with Crippen LogP contribution in [0.2, 0.25) is 0 Å². The van der Waals surface area contributed by atoms with Crippen LogP contribution in [0, 0.1) is 13.8 Å². The van der Waals surface area contributed by atoms with Gasteiger partial charge in [-0.25, -0.2) is 8.42 Å². The molecule has 0 fully saturated rings. The van der Waals surface area contributed by atoms with Gasteiger partial charge in [0.05, 0.1) is 21.9 Å². The molecular formula is C15H19N3O3S. The number of amides is 1. The third kappa shape index (κ3) is 3.36. The average molecular weight is 321 g/mol. The summed E-state index contributed by atoms with van der Waals surface area (Å²) in [5.41, 5.74) is 1.88. The van der Waals surface area contributed by atoms with Crippen LogP contribution in [0.25, 0.3) is 0 Å². The largest absolute Gasteiger partial charge is 0.351 e. The Morgan fingerprint density at radius 3 is 2.41 bits per heavy atom. The molecule has 1 aromatic carbocycles. The lowest BCUT2D eigenvalue weighted by atomic mass is 10.2. The zero-order chi connectivity index (χ0) is 16.3. The van der Waals surface area contributed by atoms with Crippen molar-refractivity contribution in [1.29, 1.82) is 0 Å². The molecule has 1 aromatic heterocycles. The molecule has 1 N–H and O–H groups in total. The zero-order valence-electron chi connectivity index (χ0n) is 12.8. The van der Waals surface area contributed by atoms with E-state index in [1.165, 1.54) is 0 Å². The summed E-state index contributed by atoms with van der Waals surface area (Å²) in [5, 5.41) is 6.82. The van der Waals surface area contributed by atoms with Crippen LogP contribution in [0.4, 0.5) is 0 Å². The molecule has 0 saturated heterocycles. The molecule has 7 heteroatoms. The van der Waals surface area contributed by atoms with E-state index in [9.17, 15) is 13.2 Å². The number of carbonyl (C=O) groups excluding carboxylic acids is 1. The van der Waals surface area contributed by atoms with E-state index in [2.05, 4.69) is 10.4 Å². The molecule has 2 rings (SSSR count). The van der Waals surface area contributed by atoms with Crippen LogP contribution < -0.4 is 5.32 Å². The molecule has 6 nitrogen and oxygen atoms in total. The Labute approximate surface area is 130 Å². The summed E-state index contributed by atoms with van der Waals surface area (Å²) in [6.07, 6.45) is 0. The highest BCUT2D eigenvalue weighted by Crippen LogP contribution is 2.12. The number of sulfone groups is 1. The van der Waals surface area contributed by atoms with Gasteiger partial charge in [0.1, 0.15) is 0 Å². The second-order valence-corrected chi connectivity index (χ2v) is 7.17. The highest BCUT2D eigenvalue weighted by atomic mass is 32.2. The van der Waals surface area contributed by atoms with Crippen LogP contribution in [-0.2, 0) is 16.9 Å². The Morgan fingerprint density at radius 1 is 1.23 bits per heavy atom. The van der Waals surface area contributed by atoms with Crippen LogP contribution in [0.15, 0.2) is 35.2 Å². The van der Waals surface area contributed by atoms with Gasteiger partial charge < -0.3 is 5.32 Å². The van der Waals surface area contributed by atoms with Crippen molar-refractivity contribution in [2.45, 2.75) is 18.7 Å². The van der Waals surface area contributed by atoms with Crippen molar-refractivity contribution in [2.24, 2.45) is 7.05 Å². The van der Waals surface area contributed by atoms with E-state index in [0.717, 1.165) is 5.69 Å². The molecule has 1 amide bonds. The third-order valence-electron chi connectivity index (χ3n) is 3.49. The lowest BCUT2D eigenvalue weighted by Gasteiger charge is -2.07. The first-order chi connectivity index (χ1) is 10.3.